The summed E-state index contributed by atoms with van der Waals surface area (Å²) in [5.74, 6) is -1.81. The number of carboxylic acids is 1. The molecule has 0 amide bonds. The third kappa shape index (κ3) is 6.31. The van der Waals surface area contributed by atoms with Gasteiger partial charge in [0.25, 0.3) is 0 Å². The summed E-state index contributed by atoms with van der Waals surface area (Å²) in [5, 5.41) is 9.56. The van der Waals surface area contributed by atoms with Gasteiger partial charge in [0.15, 0.2) is 0 Å². The molecule has 4 rings (SSSR count). The smallest absolute Gasteiger partial charge is 0.416 e. The van der Waals surface area contributed by atoms with Gasteiger partial charge in [-0.3, -0.25) is 9.69 Å². The highest BCUT2D eigenvalue weighted by molar-refractivity contribution is 5.73. The molecule has 2 aliphatic rings. The summed E-state index contributed by atoms with van der Waals surface area (Å²) >= 11 is 0. The second-order valence-corrected chi connectivity index (χ2v) is 10.1. The van der Waals surface area contributed by atoms with Gasteiger partial charge in [0.1, 0.15) is 11.9 Å². The summed E-state index contributed by atoms with van der Waals surface area (Å²) in [5.41, 5.74) is -2.35. The molecule has 1 saturated heterocycles. The zero-order valence-electron chi connectivity index (χ0n) is 20.5. The van der Waals surface area contributed by atoms with E-state index in [-0.39, 0.29) is 23.5 Å². The molecule has 1 saturated carbocycles. The number of ether oxygens (including phenoxy) is 1. The van der Waals surface area contributed by atoms with Gasteiger partial charge in [0, 0.05) is 12.5 Å². The molecule has 0 bridgehead atoms. The highest BCUT2D eigenvalue weighted by atomic mass is 19.4. The van der Waals surface area contributed by atoms with Crippen LogP contribution in [0.5, 0.6) is 0 Å². The van der Waals surface area contributed by atoms with Crippen molar-refractivity contribution in [1.82, 2.24) is 4.90 Å². The molecule has 1 N–H and O–H groups in total. The molecule has 208 valence electrons. The SMILES string of the molecule is CC(OC1CCC(CN2CCCC2C(=O)O)C1c1ccc(F)cc1)c1cc(C(F)(F)F)cc(C(F)(F)F)c1. The van der Waals surface area contributed by atoms with Crippen molar-refractivity contribution in [1.29, 1.82) is 0 Å². The predicted octanol–water partition coefficient (Wildman–Crippen LogP) is 7.05. The number of benzene rings is 2. The molecule has 0 spiro atoms. The van der Waals surface area contributed by atoms with Crippen molar-refractivity contribution >= 4 is 5.97 Å². The molecule has 11 heteroatoms. The highest BCUT2D eigenvalue weighted by Gasteiger charge is 2.43. The summed E-state index contributed by atoms with van der Waals surface area (Å²) in [4.78, 5) is 13.6. The Bertz CT molecular complexity index is 1100. The van der Waals surface area contributed by atoms with E-state index in [4.69, 9.17) is 4.74 Å². The van der Waals surface area contributed by atoms with Crippen LogP contribution in [0.3, 0.4) is 0 Å². The number of halogens is 7. The van der Waals surface area contributed by atoms with Crippen LogP contribution in [-0.2, 0) is 21.9 Å². The number of carbonyl (C=O) groups is 1. The molecule has 2 fully saturated rings. The predicted molar refractivity (Wildman–Crippen MR) is 124 cm³/mol. The lowest BCUT2D eigenvalue weighted by atomic mass is 9.86. The van der Waals surface area contributed by atoms with Gasteiger partial charge in [-0.25, -0.2) is 4.39 Å². The number of carboxylic acid groups (broad SMARTS) is 1. The molecule has 5 atom stereocenters. The lowest BCUT2D eigenvalue weighted by molar-refractivity contribution is -0.144. The van der Waals surface area contributed by atoms with Crippen LogP contribution in [0.4, 0.5) is 30.7 Å². The fourth-order valence-electron chi connectivity index (χ4n) is 5.75. The minimum Gasteiger partial charge on any atom is -0.480 e. The average Bonchev–Trinajstić information content (AvgIpc) is 3.46. The highest BCUT2D eigenvalue weighted by Crippen LogP contribution is 2.45. The van der Waals surface area contributed by atoms with Gasteiger partial charge in [0.05, 0.1) is 23.3 Å². The summed E-state index contributed by atoms with van der Waals surface area (Å²) in [6.07, 6.45) is -9.27. The van der Waals surface area contributed by atoms with E-state index >= 15 is 0 Å². The largest absolute Gasteiger partial charge is 0.480 e. The molecule has 1 aliphatic carbocycles. The first-order valence-corrected chi connectivity index (χ1v) is 12.4. The molecule has 1 aliphatic heterocycles. The van der Waals surface area contributed by atoms with Gasteiger partial charge in [-0.2, -0.15) is 26.3 Å². The fourth-order valence-corrected chi connectivity index (χ4v) is 5.75. The molecular formula is C27H28F7NO3. The Hall–Kier alpha value is -2.66. The van der Waals surface area contributed by atoms with E-state index in [2.05, 4.69) is 0 Å². The summed E-state index contributed by atoms with van der Waals surface area (Å²) in [6, 6.07) is 6.54. The first-order chi connectivity index (χ1) is 17.7. The van der Waals surface area contributed by atoms with Crippen LogP contribution in [0.25, 0.3) is 0 Å². The van der Waals surface area contributed by atoms with Crippen LogP contribution in [-0.4, -0.2) is 41.2 Å². The molecule has 2 aromatic carbocycles. The normalized spacial score (nSPS) is 25.6. The Morgan fingerprint density at radius 3 is 2.16 bits per heavy atom. The number of hydrogen-bond donors (Lipinski definition) is 1. The summed E-state index contributed by atoms with van der Waals surface area (Å²) in [6.45, 7) is 2.45. The first-order valence-electron chi connectivity index (χ1n) is 12.4. The van der Waals surface area contributed by atoms with E-state index < -0.39 is 53.5 Å². The number of hydrogen-bond acceptors (Lipinski definition) is 3. The van der Waals surface area contributed by atoms with Crippen molar-refractivity contribution in [3.8, 4) is 0 Å². The second-order valence-electron chi connectivity index (χ2n) is 10.1. The number of aliphatic carboxylic acids is 1. The Balaban J connectivity index is 1.61. The zero-order valence-corrected chi connectivity index (χ0v) is 20.5. The van der Waals surface area contributed by atoms with Gasteiger partial charge in [0.2, 0.25) is 0 Å². The molecule has 0 radical (unpaired) electrons. The lowest BCUT2D eigenvalue weighted by Gasteiger charge is -2.31. The van der Waals surface area contributed by atoms with Gasteiger partial charge >= 0.3 is 18.3 Å². The van der Waals surface area contributed by atoms with E-state index in [0.717, 1.165) is 12.0 Å². The topological polar surface area (TPSA) is 49.8 Å². The van der Waals surface area contributed by atoms with Crippen molar-refractivity contribution in [2.75, 3.05) is 13.1 Å². The van der Waals surface area contributed by atoms with Crippen LogP contribution in [0.1, 0.15) is 66.9 Å². The van der Waals surface area contributed by atoms with Crippen LogP contribution in [0, 0.1) is 11.7 Å². The van der Waals surface area contributed by atoms with Crippen molar-refractivity contribution in [3.63, 3.8) is 0 Å². The van der Waals surface area contributed by atoms with Crippen molar-refractivity contribution in [2.24, 2.45) is 5.92 Å². The maximum Gasteiger partial charge on any atom is 0.416 e. The summed E-state index contributed by atoms with van der Waals surface area (Å²) < 4.78 is 100.0. The Morgan fingerprint density at radius 2 is 1.61 bits per heavy atom. The quantitative estimate of drug-likeness (QED) is 0.378. The van der Waals surface area contributed by atoms with E-state index in [1.807, 2.05) is 4.90 Å². The van der Waals surface area contributed by atoms with Gasteiger partial charge in [-0.15, -0.1) is 0 Å². The third-order valence-corrected chi connectivity index (χ3v) is 7.56. The minimum absolute atomic E-state index is 0.0814. The van der Waals surface area contributed by atoms with Crippen molar-refractivity contribution in [2.45, 2.75) is 69.1 Å². The average molecular weight is 548 g/mol. The number of alkyl halides is 6. The fraction of sp³-hybridized carbons (Fsp3) is 0.519. The Morgan fingerprint density at radius 1 is 1.00 bits per heavy atom. The van der Waals surface area contributed by atoms with Crippen LogP contribution < -0.4 is 0 Å². The lowest BCUT2D eigenvalue weighted by Crippen LogP contribution is -2.40. The van der Waals surface area contributed by atoms with E-state index in [0.29, 0.717) is 44.5 Å². The maximum absolute atomic E-state index is 13.6. The Labute approximate surface area is 215 Å². The third-order valence-electron chi connectivity index (χ3n) is 7.56. The second kappa shape index (κ2) is 10.8. The number of likely N-dealkylation sites (tertiary alicyclic amines) is 1. The number of nitrogens with zero attached hydrogens (tertiary/aromatic N) is 1. The molecule has 38 heavy (non-hydrogen) atoms. The molecule has 4 nitrogen and oxygen atoms in total. The van der Waals surface area contributed by atoms with Crippen LogP contribution in [0.2, 0.25) is 0 Å². The number of rotatable bonds is 7. The van der Waals surface area contributed by atoms with Gasteiger partial charge in [-0.1, -0.05) is 12.1 Å². The molecule has 0 aromatic heterocycles. The standard InChI is InChI=1S/C27H28F7NO3/c1-15(18-11-19(26(29,30)31)13-20(12-18)27(32,33)34)38-23-9-6-17(14-35-10-2-3-22(35)25(36)37)24(23)16-4-7-21(28)8-5-16/h4-5,7-8,11-13,15,17,22-24H,2-3,6,9-10,14H2,1H3,(H,36,37). The molecule has 5 unspecified atom stereocenters. The van der Waals surface area contributed by atoms with E-state index in [9.17, 15) is 40.6 Å². The summed E-state index contributed by atoms with van der Waals surface area (Å²) in [7, 11) is 0. The van der Waals surface area contributed by atoms with Gasteiger partial charge < -0.3 is 9.84 Å². The van der Waals surface area contributed by atoms with E-state index in [1.54, 1.807) is 12.1 Å². The zero-order chi connectivity index (χ0) is 27.8. The molecular weight excluding hydrogens is 519 g/mol. The maximum atomic E-state index is 13.6. The van der Waals surface area contributed by atoms with Gasteiger partial charge in [-0.05, 0) is 86.5 Å². The van der Waals surface area contributed by atoms with E-state index in [1.165, 1.54) is 19.1 Å². The monoisotopic (exact) mass is 547 g/mol. The van der Waals surface area contributed by atoms with Crippen LogP contribution in [0.15, 0.2) is 42.5 Å². The van der Waals surface area contributed by atoms with Crippen molar-refractivity contribution in [3.05, 3.63) is 70.5 Å². The Kier molecular flexibility index (Phi) is 8.09. The minimum atomic E-state index is -4.97. The van der Waals surface area contributed by atoms with Crippen LogP contribution >= 0.6 is 0 Å². The first kappa shape index (κ1) is 28.4. The molecule has 2 aromatic rings. The van der Waals surface area contributed by atoms with Crippen molar-refractivity contribution < 1.29 is 45.4 Å². The molecule has 1 heterocycles.